The number of carbonyl (C=O) groups is 1. The Morgan fingerprint density at radius 2 is 1.79 bits per heavy atom. The van der Waals surface area contributed by atoms with E-state index in [1.165, 1.54) is 0 Å². The fourth-order valence-corrected chi connectivity index (χ4v) is 4.14. The van der Waals surface area contributed by atoms with Gasteiger partial charge in [0.25, 0.3) is 0 Å². The number of ether oxygens (including phenoxy) is 2. The summed E-state index contributed by atoms with van der Waals surface area (Å²) in [6.07, 6.45) is 1.71. The van der Waals surface area contributed by atoms with Crippen molar-refractivity contribution in [3.8, 4) is 5.75 Å². The van der Waals surface area contributed by atoms with E-state index in [1.54, 1.807) is 0 Å². The van der Waals surface area contributed by atoms with Crippen LogP contribution in [-0.4, -0.2) is 47.3 Å². The third-order valence-corrected chi connectivity index (χ3v) is 6.07. The fourth-order valence-electron chi connectivity index (χ4n) is 4.14. The van der Waals surface area contributed by atoms with E-state index in [0.717, 1.165) is 12.1 Å². The highest BCUT2D eigenvalue weighted by Gasteiger charge is 2.36. The van der Waals surface area contributed by atoms with E-state index in [4.69, 9.17) is 14.5 Å². The summed E-state index contributed by atoms with van der Waals surface area (Å²) in [5, 5.41) is 2.91. The molecule has 0 spiro atoms. The van der Waals surface area contributed by atoms with Gasteiger partial charge in [0, 0.05) is 25.6 Å². The quantitative estimate of drug-likeness (QED) is 0.628. The first-order valence-corrected chi connectivity index (χ1v) is 11.3. The van der Waals surface area contributed by atoms with Gasteiger partial charge in [-0.25, -0.2) is 23.1 Å². The summed E-state index contributed by atoms with van der Waals surface area (Å²) in [6, 6.07) is 1.20. The van der Waals surface area contributed by atoms with E-state index in [1.807, 2.05) is 39.6 Å². The monoisotopic (exact) mass is 478 g/mol. The van der Waals surface area contributed by atoms with Crippen LogP contribution in [0.1, 0.15) is 45.1 Å². The molecule has 2 aliphatic rings. The van der Waals surface area contributed by atoms with Crippen LogP contribution in [0.25, 0.3) is 0 Å². The summed E-state index contributed by atoms with van der Waals surface area (Å²) in [7, 11) is 1.82. The Hall–Kier alpha value is -2.88. The van der Waals surface area contributed by atoms with Crippen LogP contribution in [-0.2, 0) is 16.0 Å². The van der Waals surface area contributed by atoms with Crippen LogP contribution in [0.15, 0.2) is 12.1 Å². The molecule has 2 heterocycles. The molecule has 1 aliphatic carbocycles. The number of aromatic nitrogens is 2. The predicted octanol–water partition coefficient (Wildman–Crippen LogP) is 4.17. The van der Waals surface area contributed by atoms with Crippen molar-refractivity contribution in [3.05, 3.63) is 41.1 Å². The molecule has 1 atom stereocenters. The minimum absolute atomic E-state index is 0.0263. The molecule has 2 aromatic rings. The molecule has 0 radical (unpaired) electrons. The Balaban J connectivity index is 1.40. The van der Waals surface area contributed by atoms with Gasteiger partial charge in [-0.3, -0.25) is 4.79 Å². The van der Waals surface area contributed by atoms with Crippen molar-refractivity contribution in [3.63, 3.8) is 0 Å². The third-order valence-electron chi connectivity index (χ3n) is 6.07. The van der Waals surface area contributed by atoms with Gasteiger partial charge in [0.05, 0.1) is 24.0 Å². The maximum absolute atomic E-state index is 13.4. The summed E-state index contributed by atoms with van der Waals surface area (Å²) < 4.78 is 51.3. The normalized spacial score (nSPS) is 22.2. The standard InChI is InChI=1S/C24H29F3N4O3/c1-12-21-22(31(5)18(23(32)30-21)11-33-24(2,3)4)29-19(28-12)8-13-6-14(7-13)34-15-9-16(25)20(27)17(26)10-15/h9-10,13-14,18H,6-8,11H2,1-5H3,(H,30,32)/t13?,14?,18-/m0/s1. The van der Waals surface area contributed by atoms with Gasteiger partial charge in [-0.15, -0.1) is 0 Å². The van der Waals surface area contributed by atoms with Crippen molar-refractivity contribution in [1.82, 2.24) is 9.97 Å². The molecule has 0 bridgehead atoms. The number of fused-ring (bicyclic) bond motifs is 1. The van der Waals surface area contributed by atoms with E-state index < -0.39 is 23.5 Å². The molecule has 10 heteroatoms. The molecule has 184 valence electrons. The molecule has 0 saturated heterocycles. The summed E-state index contributed by atoms with van der Waals surface area (Å²) >= 11 is 0. The molecule has 1 N–H and O–H groups in total. The molecule has 4 rings (SSSR count). The highest BCUT2D eigenvalue weighted by atomic mass is 19.2. The molecule has 1 aliphatic heterocycles. The number of hydrogen-bond acceptors (Lipinski definition) is 6. The van der Waals surface area contributed by atoms with Crippen LogP contribution in [0.5, 0.6) is 5.75 Å². The summed E-state index contributed by atoms with van der Waals surface area (Å²) in [5.41, 5.74) is 0.904. The SMILES string of the molecule is Cc1nc(CC2CC(Oc3cc(F)c(F)c(F)c3)C2)nc2c1NC(=O)[C@H](COC(C)(C)C)N2C. The number of rotatable bonds is 6. The fraction of sp³-hybridized carbons (Fsp3) is 0.542. The third kappa shape index (κ3) is 5.11. The second-order valence-electron chi connectivity index (χ2n) is 9.95. The van der Waals surface area contributed by atoms with Crippen LogP contribution < -0.4 is 15.0 Å². The van der Waals surface area contributed by atoms with Crippen LogP contribution in [0.2, 0.25) is 0 Å². The first-order valence-electron chi connectivity index (χ1n) is 11.3. The lowest BCUT2D eigenvalue weighted by atomic mass is 9.80. The van der Waals surface area contributed by atoms with Gasteiger partial charge in [0.2, 0.25) is 5.91 Å². The number of aryl methyl sites for hydroxylation is 1. The van der Waals surface area contributed by atoms with Crippen LogP contribution in [0.4, 0.5) is 24.7 Å². The first-order chi connectivity index (χ1) is 15.9. The molecular weight excluding hydrogens is 449 g/mol. The molecule has 1 aromatic heterocycles. The molecule has 1 saturated carbocycles. The number of nitrogens with one attached hydrogen (secondary N) is 1. The molecule has 0 unspecified atom stereocenters. The van der Waals surface area contributed by atoms with Gasteiger partial charge in [-0.2, -0.15) is 0 Å². The zero-order valence-electron chi connectivity index (χ0n) is 19.9. The number of nitrogens with zero attached hydrogens (tertiary/aromatic N) is 3. The average Bonchev–Trinajstić information content (AvgIpc) is 2.70. The van der Waals surface area contributed by atoms with Crippen molar-refractivity contribution in [2.45, 2.75) is 64.7 Å². The van der Waals surface area contributed by atoms with Crippen molar-refractivity contribution in [2.75, 3.05) is 23.9 Å². The zero-order chi connectivity index (χ0) is 24.8. The lowest BCUT2D eigenvalue weighted by Crippen LogP contribution is -2.50. The van der Waals surface area contributed by atoms with E-state index >= 15 is 0 Å². The summed E-state index contributed by atoms with van der Waals surface area (Å²) in [5.74, 6) is -2.70. The van der Waals surface area contributed by atoms with Crippen molar-refractivity contribution in [2.24, 2.45) is 5.92 Å². The minimum Gasteiger partial charge on any atom is -0.490 e. The van der Waals surface area contributed by atoms with E-state index in [0.29, 0.717) is 42.3 Å². The van der Waals surface area contributed by atoms with Crippen molar-refractivity contribution in [1.29, 1.82) is 0 Å². The number of benzene rings is 1. The van der Waals surface area contributed by atoms with E-state index in [-0.39, 0.29) is 35.9 Å². The molecule has 1 amide bonds. The van der Waals surface area contributed by atoms with Gasteiger partial charge >= 0.3 is 0 Å². The van der Waals surface area contributed by atoms with Gasteiger partial charge < -0.3 is 19.7 Å². The second-order valence-corrected chi connectivity index (χ2v) is 9.95. The Labute approximate surface area is 196 Å². The number of halogens is 3. The molecule has 7 nitrogen and oxygen atoms in total. The van der Waals surface area contributed by atoms with Gasteiger partial charge in [-0.1, -0.05) is 0 Å². The van der Waals surface area contributed by atoms with Gasteiger partial charge in [0.15, 0.2) is 23.3 Å². The predicted molar refractivity (Wildman–Crippen MR) is 120 cm³/mol. The highest BCUT2D eigenvalue weighted by molar-refractivity contribution is 6.03. The maximum Gasteiger partial charge on any atom is 0.249 e. The van der Waals surface area contributed by atoms with Crippen LogP contribution in [0, 0.1) is 30.3 Å². The number of carbonyl (C=O) groups excluding carboxylic acids is 1. The van der Waals surface area contributed by atoms with E-state index in [9.17, 15) is 18.0 Å². The maximum atomic E-state index is 13.4. The number of anilines is 2. The van der Waals surface area contributed by atoms with Crippen molar-refractivity contribution >= 4 is 17.4 Å². The lowest BCUT2D eigenvalue weighted by Gasteiger charge is -2.37. The number of likely N-dealkylation sites (N-methyl/N-ethyl adjacent to an activating group) is 1. The first kappa shape index (κ1) is 24.3. The minimum atomic E-state index is -1.51. The van der Waals surface area contributed by atoms with Crippen LogP contribution >= 0.6 is 0 Å². The van der Waals surface area contributed by atoms with Crippen LogP contribution in [0.3, 0.4) is 0 Å². The molecule has 1 fully saturated rings. The molecule has 34 heavy (non-hydrogen) atoms. The summed E-state index contributed by atoms with van der Waals surface area (Å²) in [4.78, 5) is 23.7. The Kier molecular flexibility index (Phi) is 6.46. The highest BCUT2D eigenvalue weighted by Crippen LogP contribution is 2.36. The van der Waals surface area contributed by atoms with Gasteiger partial charge in [0.1, 0.15) is 23.3 Å². The molecule has 1 aromatic carbocycles. The second kappa shape index (κ2) is 9.05. The molecular formula is C24H29F3N4O3. The van der Waals surface area contributed by atoms with Crippen molar-refractivity contribution < 1.29 is 27.4 Å². The lowest BCUT2D eigenvalue weighted by molar-refractivity contribution is -0.120. The van der Waals surface area contributed by atoms with E-state index in [2.05, 4.69) is 10.3 Å². The zero-order valence-corrected chi connectivity index (χ0v) is 19.9. The number of hydrogen-bond donors (Lipinski definition) is 1. The topological polar surface area (TPSA) is 76.6 Å². The average molecular weight is 479 g/mol. The smallest absolute Gasteiger partial charge is 0.249 e. The number of amides is 1. The Morgan fingerprint density at radius 3 is 2.41 bits per heavy atom. The Bertz CT molecular complexity index is 1080. The largest absolute Gasteiger partial charge is 0.490 e. The summed E-state index contributed by atoms with van der Waals surface area (Å²) in [6.45, 7) is 7.87. The Morgan fingerprint density at radius 1 is 1.15 bits per heavy atom. The van der Waals surface area contributed by atoms with Gasteiger partial charge in [-0.05, 0) is 46.5 Å².